The van der Waals surface area contributed by atoms with Crippen LogP contribution in [0.15, 0.2) is 0 Å². The summed E-state index contributed by atoms with van der Waals surface area (Å²) in [5.41, 5.74) is 5.95. The Bertz CT molecular complexity index is 240. The van der Waals surface area contributed by atoms with Gasteiger partial charge in [-0.1, -0.05) is 13.8 Å². The van der Waals surface area contributed by atoms with E-state index in [0.29, 0.717) is 25.0 Å². The minimum atomic E-state index is -0.357. The molecule has 1 atom stereocenters. The highest BCUT2D eigenvalue weighted by Crippen LogP contribution is 2.28. The first-order chi connectivity index (χ1) is 8.06. The van der Waals surface area contributed by atoms with Crippen molar-refractivity contribution >= 4 is 5.91 Å². The summed E-state index contributed by atoms with van der Waals surface area (Å²) in [5, 5.41) is 0. The first-order valence-electron chi connectivity index (χ1n) is 6.61. The molecule has 1 unspecified atom stereocenters. The highest BCUT2D eigenvalue weighted by molar-refractivity contribution is 5.82. The summed E-state index contributed by atoms with van der Waals surface area (Å²) in [6.45, 7) is 5.79. The topological polar surface area (TPSA) is 55.6 Å². The monoisotopic (exact) mass is 242 g/mol. The van der Waals surface area contributed by atoms with Crippen LogP contribution in [0.2, 0.25) is 0 Å². The zero-order valence-corrected chi connectivity index (χ0v) is 11.3. The average molecular weight is 242 g/mol. The summed E-state index contributed by atoms with van der Waals surface area (Å²) >= 11 is 0. The van der Waals surface area contributed by atoms with E-state index in [1.54, 1.807) is 7.11 Å². The van der Waals surface area contributed by atoms with Crippen molar-refractivity contribution in [2.75, 3.05) is 20.3 Å². The van der Waals surface area contributed by atoms with Crippen molar-refractivity contribution in [2.45, 2.75) is 51.6 Å². The molecule has 0 aromatic heterocycles. The Morgan fingerprint density at radius 2 is 2.12 bits per heavy atom. The van der Waals surface area contributed by atoms with Gasteiger partial charge in [-0.15, -0.1) is 0 Å². The SMILES string of the molecule is COCCCC(N)C(=O)N(CC(C)C)C1CC1. The number of nitrogens with two attached hydrogens (primary N) is 1. The molecule has 1 aliphatic rings. The summed E-state index contributed by atoms with van der Waals surface area (Å²) in [6.07, 6.45) is 3.85. The van der Waals surface area contributed by atoms with Gasteiger partial charge < -0.3 is 15.4 Å². The van der Waals surface area contributed by atoms with Crippen LogP contribution in [-0.2, 0) is 9.53 Å². The van der Waals surface area contributed by atoms with Crippen LogP contribution in [0.25, 0.3) is 0 Å². The Labute approximate surface area is 104 Å². The predicted octanol–water partition coefficient (Wildman–Crippen LogP) is 1.39. The quantitative estimate of drug-likeness (QED) is 0.654. The maximum atomic E-state index is 12.2. The van der Waals surface area contributed by atoms with Crippen molar-refractivity contribution in [3.05, 3.63) is 0 Å². The highest BCUT2D eigenvalue weighted by Gasteiger charge is 2.34. The van der Waals surface area contributed by atoms with E-state index in [4.69, 9.17) is 10.5 Å². The zero-order valence-electron chi connectivity index (χ0n) is 11.3. The minimum Gasteiger partial charge on any atom is -0.385 e. The predicted molar refractivity (Wildman–Crippen MR) is 68.7 cm³/mol. The molecule has 0 radical (unpaired) electrons. The van der Waals surface area contributed by atoms with Gasteiger partial charge in [0.15, 0.2) is 0 Å². The van der Waals surface area contributed by atoms with Gasteiger partial charge in [-0.25, -0.2) is 0 Å². The molecule has 4 heteroatoms. The normalized spacial score (nSPS) is 17.2. The van der Waals surface area contributed by atoms with E-state index in [9.17, 15) is 4.79 Å². The van der Waals surface area contributed by atoms with Gasteiger partial charge in [0.05, 0.1) is 6.04 Å². The van der Waals surface area contributed by atoms with Gasteiger partial charge in [0.1, 0.15) is 0 Å². The fourth-order valence-electron chi connectivity index (χ4n) is 1.98. The van der Waals surface area contributed by atoms with Crippen LogP contribution >= 0.6 is 0 Å². The molecule has 0 aromatic carbocycles. The van der Waals surface area contributed by atoms with Gasteiger partial charge in [-0.3, -0.25) is 4.79 Å². The number of amides is 1. The van der Waals surface area contributed by atoms with Gasteiger partial charge in [-0.2, -0.15) is 0 Å². The van der Waals surface area contributed by atoms with Crippen molar-refractivity contribution in [3.63, 3.8) is 0 Å². The third-order valence-electron chi connectivity index (χ3n) is 3.01. The summed E-state index contributed by atoms with van der Waals surface area (Å²) < 4.78 is 4.98. The van der Waals surface area contributed by atoms with Crippen LogP contribution < -0.4 is 5.73 Å². The van der Waals surface area contributed by atoms with Gasteiger partial charge in [-0.05, 0) is 31.6 Å². The van der Waals surface area contributed by atoms with E-state index in [1.165, 1.54) is 0 Å². The summed E-state index contributed by atoms with van der Waals surface area (Å²) in [5.74, 6) is 0.628. The third-order valence-corrected chi connectivity index (χ3v) is 3.01. The highest BCUT2D eigenvalue weighted by atomic mass is 16.5. The molecule has 1 aliphatic carbocycles. The maximum absolute atomic E-state index is 12.2. The molecule has 1 fully saturated rings. The van der Waals surface area contributed by atoms with Crippen LogP contribution in [0.3, 0.4) is 0 Å². The second-order valence-electron chi connectivity index (χ2n) is 5.36. The van der Waals surface area contributed by atoms with E-state index in [2.05, 4.69) is 13.8 Å². The van der Waals surface area contributed by atoms with Gasteiger partial charge in [0.2, 0.25) is 5.91 Å². The number of carbonyl (C=O) groups excluding carboxylic acids is 1. The fraction of sp³-hybridized carbons (Fsp3) is 0.923. The molecule has 0 spiro atoms. The molecule has 100 valence electrons. The molecule has 1 rings (SSSR count). The van der Waals surface area contributed by atoms with Gasteiger partial charge in [0, 0.05) is 26.3 Å². The lowest BCUT2D eigenvalue weighted by Crippen LogP contribution is -2.46. The Balaban J connectivity index is 2.40. The van der Waals surface area contributed by atoms with Crippen LogP contribution in [0.5, 0.6) is 0 Å². The smallest absolute Gasteiger partial charge is 0.239 e. The summed E-state index contributed by atoms with van der Waals surface area (Å²) in [4.78, 5) is 14.2. The number of ether oxygens (including phenoxy) is 1. The molecular formula is C13H26N2O2. The molecule has 1 amide bonds. The van der Waals surface area contributed by atoms with Crippen LogP contribution in [0.1, 0.15) is 39.5 Å². The fourth-order valence-corrected chi connectivity index (χ4v) is 1.98. The first kappa shape index (κ1) is 14.5. The van der Waals surface area contributed by atoms with E-state index < -0.39 is 0 Å². The minimum absolute atomic E-state index is 0.123. The van der Waals surface area contributed by atoms with E-state index in [-0.39, 0.29) is 11.9 Å². The van der Waals surface area contributed by atoms with Crippen molar-refractivity contribution in [2.24, 2.45) is 11.7 Å². The standard InChI is InChI=1S/C13H26N2O2/c1-10(2)9-15(11-6-7-11)13(16)12(14)5-4-8-17-3/h10-12H,4-9,14H2,1-3H3. The second kappa shape index (κ2) is 6.97. The van der Waals surface area contributed by atoms with Gasteiger partial charge >= 0.3 is 0 Å². The molecule has 0 bridgehead atoms. The summed E-state index contributed by atoms with van der Waals surface area (Å²) in [7, 11) is 1.67. The van der Waals surface area contributed by atoms with Crippen LogP contribution in [-0.4, -0.2) is 43.2 Å². The third kappa shape index (κ3) is 5.04. The Morgan fingerprint density at radius 3 is 2.59 bits per heavy atom. The van der Waals surface area contributed by atoms with Crippen molar-refractivity contribution in [3.8, 4) is 0 Å². The van der Waals surface area contributed by atoms with Crippen molar-refractivity contribution < 1.29 is 9.53 Å². The van der Waals surface area contributed by atoms with Crippen LogP contribution in [0, 0.1) is 5.92 Å². The largest absolute Gasteiger partial charge is 0.385 e. The Hall–Kier alpha value is -0.610. The lowest BCUT2D eigenvalue weighted by molar-refractivity contribution is -0.134. The lowest BCUT2D eigenvalue weighted by Gasteiger charge is -2.27. The van der Waals surface area contributed by atoms with E-state index in [0.717, 1.165) is 25.8 Å². The Morgan fingerprint density at radius 1 is 1.47 bits per heavy atom. The molecule has 0 aromatic rings. The van der Waals surface area contributed by atoms with Crippen molar-refractivity contribution in [1.29, 1.82) is 0 Å². The molecule has 2 N–H and O–H groups in total. The molecule has 0 aliphatic heterocycles. The number of hydrogen-bond acceptors (Lipinski definition) is 3. The Kier molecular flexibility index (Phi) is 5.92. The first-order valence-corrected chi connectivity index (χ1v) is 6.61. The van der Waals surface area contributed by atoms with Crippen LogP contribution in [0.4, 0.5) is 0 Å². The molecule has 17 heavy (non-hydrogen) atoms. The number of carbonyl (C=O) groups is 1. The molecule has 4 nitrogen and oxygen atoms in total. The number of nitrogens with zero attached hydrogens (tertiary/aromatic N) is 1. The molecule has 1 saturated carbocycles. The number of hydrogen-bond donors (Lipinski definition) is 1. The number of rotatable bonds is 8. The van der Waals surface area contributed by atoms with Gasteiger partial charge in [0.25, 0.3) is 0 Å². The molecular weight excluding hydrogens is 216 g/mol. The van der Waals surface area contributed by atoms with E-state index >= 15 is 0 Å². The average Bonchev–Trinajstić information content (AvgIpc) is 3.08. The molecule has 0 heterocycles. The van der Waals surface area contributed by atoms with Crippen molar-refractivity contribution in [1.82, 2.24) is 4.90 Å². The zero-order chi connectivity index (χ0) is 12.8. The maximum Gasteiger partial charge on any atom is 0.239 e. The lowest BCUT2D eigenvalue weighted by atomic mass is 10.1. The molecule has 0 saturated heterocycles. The summed E-state index contributed by atoms with van der Waals surface area (Å²) in [6, 6.07) is 0.0999. The second-order valence-corrected chi connectivity index (χ2v) is 5.36. The number of methoxy groups -OCH3 is 1. The van der Waals surface area contributed by atoms with E-state index in [1.807, 2.05) is 4.90 Å².